The van der Waals surface area contributed by atoms with E-state index in [0.717, 1.165) is 31.5 Å². The SMILES string of the molecule is COCC1(CNC(=O)c2cc(-c3ccccc3)nc3onc(C)c23)CCNCC1. The molecule has 3 aromatic rings. The lowest BCUT2D eigenvalue weighted by atomic mass is 9.79. The van der Waals surface area contributed by atoms with E-state index >= 15 is 0 Å². The smallest absolute Gasteiger partial charge is 0.259 e. The summed E-state index contributed by atoms with van der Waals surface area (Å²) in [6.45, 7) is 4.88. The first kappa shape index (κ1) is 19.5. The Kier molecular flexibility index (Phi) is 5.60. The summed E-state index contributed by atoms with van der Waals surface area (Å²) in [6, 6.07) is 11.6. The van der Waals surface area contributed by atoms with Crippen LogP contribution >= 0.6 is 0 Å². The summed E-state index contributed by atoms with van der Waals surface area (Å²) < 4.78 is 10.8. The van der Waals surface area contributed by atoms with Crippen LogP contribution in [0.25, 0.3) is 22.4 Å². The average molecular weight is 394 g/mol. The number of carbonyl (C=O) groups is 1. The van der Waals surface area contributed by atoms with Gasteiger partial charge in [0.25, 0.3) is 11.6 Å². The Morgan fingerprint density at radius 2 is 2.03 bits per heavy atom. The lowest BCUT2D eigenvalue weighted by Gasteiger charge is -2.37. The Labute approximate surface area is 169 Å². The molecule has 7 nitrogen and oxygen atoms in total. The van der Waals surface area contributed by atoms with Crippen LogP contribution in [0.15, 0.2) is 40.9 Å². The number of carbonyl (C=O) groups excluding carboxylic acids is 1. The summed E-state index contributed by atoms with van der Waals surface area (Å²) in [5.74, 6) is -0.144. The van der Waals surface area contributed by atoms with Crippen molar-refractivity contribution in [2.75, 3.05) is 33.4 Å². The molecule has 4 rings (SSSR count). The third-order valence-electron chi connectivity index (χ3n) is 5.67. The molecular formula is C22H26N4O3. The second-order valence-electron chi connectivity index (χ2n) is 7.73. The molecule has 2 aromatic heterocycles. The number of rotatable bonds is 6. The Morgan fingerprint density at radius 3 is 2.76 bits per heavy atom. The van der Waals surface area contributed by atoms with Gasteiger partial charge in [-0.3, -0.25) is 4.79 Å². The van der Waals surface area contributed by atoms with Crippen LogP contribution in [0.1, 0.15) is 28.9 Å². The van der Waals surface area contributed by atoms with E-state index in [9.17, 15) is 4.79 Å². The lowest BCUT2D eigenvalue weighted by molar-refractivity contribution is 0.0512. The van der Waals surface area contributed by atoms with Gasteiger partial charge >= 0.3 is 0 Å². The minimum atomic E-state index is -0.144. The van der Waals surface area contributed by atoms with Crippen LogP contribution in [0.5, 0.6) is 0 Å². The van der Waals surface area contributed by atoms with E-state index in [1.165, 1.54) is 0 Å². The maximum Gasteiger partial charge on any atom is 0.259 e. The third-order valence-corrected chi connectivity index (χ3v) is 5.67. The number of methoxy groups -OCH3 is 1. The van der Waals surface area contributed by atoms with E-state index in [-0.39, 0.29) is 11.3 Å². The first-order valence-electron chi connectivity index (χ1n) is 9.92. The number of amides is 1. The Morgan fingerprint density at radius 1 is 1.28 bits per heavy atom. The number of piperidine rings is 1. The second-order valence-corrected chi connectivity index (χ2v) is 7.73. The highest BCUT2D eigenvalue weighted by Crippen LogP contribution is 2.30. The van der Waals surface area contributed by atoms with E-state index < -0.39 is 0 Å². The molecule has 0 saturated carbocycles. The molecule has 1 amide bonds. The summed E-state index contributed by atoms with van der Waals surface area (Å²) in [7, 11) is 1.71. The minimum absolute atomic E-state index is 0.0479. The van der Waals surface area contributed by atoms with E-state index in [2.05, 4.69) is 20.8 Å². The molecule has 2 N–H and O–H groups in total. The molecule has 0 unspecified atom stereocenters. The molecule has 0 spiro atoms. The number of aryl methyl sites for hydroxylation is 1. The molecular weight excluding hydrogens is 368 g/mol. The number of fused-ring (bicyclic) bond motifs is 1. The van der Waals surface area contributed by atoms with Crippen molar-refractivity contribution in [3.05, 3.63) is 47.7 Å². The number of nitrogens with one attached hydrogen (secondary N) is 2. The molecule has 0 aliphatic carbocycles. The van der Waals surface area contributed by atoms with E-state index in [1.807, 2.05) is 43.3 Å². The number of nitrogens with zero attached hydrogens (tertiary/aromatic N) is 2. The molecule has 0 radical (unpaired) electrons. The van der Waals surface area contributed by atoms with Gasteiger partial charge in [0.15, 0.2) is 0 Å². The van der Waals surface area contributed by atoms with E-state index in [1.54, 1.807) is 7.11 Å². The Balaban J connectivity index is 1.65. The van der Waals surface area contributed by atoms with Crippen LogP contribution in [0, 0.1) is 12.3 Å². The molecule has 1 fully saturated rings. The number of pyridine rings is 1. The molecule has 1 aliphatic heterocycles. The normalized spacial score (nSPS) is 16.1. The summed E-state index contributed by atoms with van der Waals surface area (Å²) in [5.41, 5.74) is 3.13. The number of hydrogen-bond acceptors (Lipinski definition) is 6. The van der Waals surface area contributed by atoms with Gasteiger partial charge in [0.05, 0.1) is 28.9 Å². The quantitative estimate of drug-likeness (QED) is 0.668. The van der Waals surface area contributed by atoms with Gasteiger partial charge in [0.1, 0.15) is 0 Å². The predicted molar refractivity (Wildman–Crippen MR) is 111 cm³/mol. The van der Waals surface area contributed by atoms with Crippen molar-refractivity contribution in [1.29, 1.82) is 0 Å². The Bertz CT molecular complexity index is 988. The zero-order chi connectivity index (χ0) is 20.3. The van der Waals surface area contributed by atoms with E-state index in [0.29, 0.717) is 41.2 Å². The molecule has 1 aliphatic rings. The van der Waals surface area contributed by atoms with Crippen LogP contribution in [0.3, 0.4) is 0 Å². The fraction of sp³-hybridized carbons (Fsp3) is 0.409. The highest BCUT2D eigenvalue weighted by atomic mass is 16.5. The molecule has 0 bridgehead atoms. The van der Waals surface area contributed by atoms with E-state index in [4.69, 9.17) is 9.26 Å². The summed E-state index contributed by atoms with van der Waals surface area (Å²) in [4.78, 5) is 17.8. The minimum Gasteiger partial charge on any atom is -0.384 e. The van der Waals surface area contributed by atoms with Crippen molar-refractivity contribution >= 4 is 17.0 Å². The topological polar surface area (TPSA) is 89.3 Å². The van der Waals surface area contributed by atoms with Gasteiger partial charge in [-0.25, -0.2) is 4.98 Å². The highest BCUT2D eigenvalue weighted by Gasteiger charge is 2.33. The fourth-order valence-electron chi connectivity index (χ4n) is 4.03. The maximum atomic E-state index is 13.2. The number of benzene rings is 1. The number of hydrogen-bond donors (Lipinski definition) is 2. The number of ether oxygens (including phenoxy) is 1. The van der Waals surface area contributed by atoms with Crippen molar-refractivity contribution in [3.8, 4) is 11.3 Å². The summed E-state index contributed by atoms with van der Waals surface area (Å²) in [6.07, 6.45) is 1.93. The zero-order valence-corrected chi connectivity index (χ0v) is 16.8. The first-order valence-corrected chi connectivity index (χ1v) is 9.92. The lowest BCUT2D eigenvalue weighted by Crippen LogP contribution is -2.47. The predicted octanol–water partition coefficient (Wildman–Crippen LogP) is 2.94. The van der Waals surface area contributed by atoms with Gasteiger partial charge < -0.3 is 19.9 Å². The third kappa shape index (κ3) is 4.02. The molecule has 7 heteroatoms. The van der Waals surface area contributed by atoms with Gasteiger partial charge in [-0.15, -0.1) is 0 Å². The largest absolute Gasteiger partial charge is 0.384 e. The van der Waals surface area contributed by atoms with Crippen LogP contribution < -0.4 is 10.6 Å². The Hall–Kier alpha value is -2.77. The van der Waals surface area contributed by atoms with Crippen molar-refractivity contribution in [3.63, 3.8) is 0 Å². The van der Waals surface area contributed by atoms with Gasteiger partial charge in [0, 0.05) is 24.6 Å². The average Bonchev–Trinajstić information content (AvgIpc) is 3.14. The van der Waals surface area contributed by atoms with Gasteiger partial charge in [0.2, 0.25) is 0 Å². The summed E-state index contributed by atoms with van der Waals surface area (Å²) in [5, 5.41) is 11.2. The first-order chi connectivity index (χ1) is 14.1. The fourth-order valence-corrected chi connectivity index (χ4v) is 4.03. The van der Waals surface area contributed by atoms with Crippen LogP contribution in [0.4, 0.5) is 0 Å². The molecule has 29 heavy (non-hydrogen) atoms. The van der Waals surface area contributed by atoms with Gasteiger partial charge in [-0.1, -0.05) is 35.5 Å². The number of aromatic nitrogens is 2. The molecule has 3 heterocycles. The van der Waals surface area contributed by atoms with Crippen LogP contribution in [-0.2, 0) is 4.74 Å². The van der Waals surface area contributed by atoms with Gasteiger partial charge in [-0.05, 0) is 38.9 Å². The highest BCUT2D eigenvalue weighted by molar-refractivity contribution is 6.07. The van der Waals surface area contributed by atoms with Crippen LogP contribution in [0.2, 0.25) is 0 Å². The molecule has 1 aromatic carbocycles. The maximum absolute atomic E-state index is 13.2. The molecule has 0 atom stereocenters. The monoisotopic (exact) mass is 394 g/mol. The van der Waals surface area contributed by atoms with Gasteiger partial charge in [-0.2, -0.15) is 0 Å². The van der Waals surface area contributed by atoms with Crippen LogP contribution in [-0.4, -0.2) is 49.4 Å². The molecule has 1 saturated heterocycles. The van der Waals surface area contributed by atoms with Crippen molar-refractivity contribution in [1.82, 2.24) is 20.8 Å². The zero-order valence-electron chi connectivity index (χ0n) is 16.8. The standard InChI is InChI=1S/C22H26N4O3/c1-15-19-17(20(27)24-13-22(14-28-2)8-10-23-11-9-22)12-18(25-21(19)29-26-15)16-6-4-3-5-7-16/h3-7,12,23H,8-11,13-14H2,1-2H3,(H,24,27). The van der Waals surface area contributed by atoms with Crippen molar-refractivity contribution in [2.24, 2.45) is 5.41 Å². The van der Waals surface area contributed by atoms with Crippen molar-refractivity contribution in [2.45, 2.75) is 19.8 Å². The van der Waals surface area contributed by atoms with Crippen molar-refractivity contribution < 1.29 is 14.1 Å². The summed E-state index contributed by atoms with van der Waals surface area (Å²) >= 11 is 0. The molecule has 152 valence electrons. The second kappa shape index (κ2) is 8.31.